The van der Waals surface area contributed by atoms with Crippen molar-refractivity contribution in [3.8, 4) is 0 Å². The smallest absolute Gasteiger partial charge is 0.0420 e. The highest BCUT2D eigenvalue weighted by molar-refractivity contribution is 7.82. The van der Waals surface area contributed by atoms with Gasteiger partial charge in [0.25, 0.3) is 0 Å². The minimum absolute atomic E-state index is 0.0469. The van der Waals surface area contributed by atoms with Gasteiger partial charge in [-0.2, -0.15) is 12.6 Å². The second-order valence-electron chi connectivity index (χ2n) is 2.04. The molecule has 0 heterocycles. The van der Waals surface area contributed by atoms with Gasteiger partial charge in [0.15, 0.2) is 0 Å². The van der Waals surface area contributed by atoms with Crippen molar-refractivity contribution in [2.24, 2.45) is 4.99 Å². The molecule has 0 amide bonds. The second-order valence-corrected chi connectivity index (χ2v) is 3.19. The minimum atomic E-state index is -0.0469. The van der Waals surface area contributed by atoms with E-state index in [1.165, 1.54) is 0 Å². The fraction of sp³-hybridized carbons (Fsp3) is 0.800. The standard InChI is InChI=1S/C5H11NS/c1-5(2,7)4-6-3/h4,7H,1-3H3. The molecule has 42 valence electrons. The predicted molar refractivity (Wildman–Crippen MR) is 37.5 cm³/mol. The van der Waals surface area contributed by atoms with Crippen molar-refractivity contribution in [3.05, 3.63) is 0 Å². The van der Waals surface area contributed by atoms with Crippen LogP contribution >= 0.6 is 12.6 Å². The molecule has 0 atom stereocenters. The minimum Gasteiger partial charge on any atom is -0.299 e. The first kappa shape index (κ1) is 7.02. The fourth-order valence-electron chi connectivity index (χ4n) is 0.316. The molecule has 0 spiro atoms. The first-order valence-corrected chi connectivity index (χ1v) is 2.66. The van der Waals surface area contributed by atoms with Gasteiger partial charge in [0.1, 0.15) is 0 Å². The van der Waals surface area contributed by atoms with Crippen LogP contribution in [-0.4, -0.2) is 18.0 Å². The van der Waals surface area contributed by atoms with Crippen LogP contribution in [0.1, 0.15) is 13.8 Å². The lowest BCUT2D eigenvalue weighted by Crippen LogP contribution is -2.10. The number of nitrogens with zero attached hydrogens (tertiary/aromatic N) is 1. The van der Waals surface area contributed by atoms with Crippen LogP contribution in [0.25, 0.3) is 0 Å². The summed E-state index contributed by atoms with van der Waals surface area (Å²) in [6.45, 7) is 3.98. The molecule has 0 aromatic heterocycles. The summed E-state index contributed by atoms with van der Waals surface area (Å²) in [4.78, 5) is 3.81. The van der Waals surface area contributed by atoms with Crippen molar-refractivity contribution in [2.75, 3.05) is 7.05 Å². The van der Waals surface area contributed by atoms with Gasteiger partial charge in [-0.25, -0.2) is 0 Å². The van der Waals surface area contributed by atoms with Crippen LogP contribution in [-0.2, 0) is 0 Å². The van der Waals surface area contributed by atoms with Gasteiger partial charge in [-0.05, 0) is 13.8 Å². The zero-order valence-electron chi connectivity index (χ0n) is 4.97. The molecule has 0 N–H and O–H groups in total. The van der Waals surface area contributed by atoms with Crippen molar-refractivity contribution >= 4 is 18.8 Å². The summed E-state index contributed by atoms with van der Waals surface area (Å²) in [5.41, 5.74) is 0. The summed E-state index contributed by atoms with van der Waals surface area (Å²) >= 11 is 4.19. The molecule has 0 saturated carbocycles. The lowest BCUT2D eigenvalue weighted by atomic mass is 10.2. The molecule has 0 aromatic carbocycles. The van der Waals surface area contributed by atoms with Gasteiger partial charge in [0.2, 0.25) is 0 Å². The summed E-state index contributed by atoms with van der Waals surface area (Å²) in [7, 11) is 1.75. The number of hydrogen-bond donors (Lipinski definition) is 1. The van der Waals surface area contributed by atoms with Gasteiger partial charge in [-0.15, -0.1) is 0 Å². The van der Waals surface area contributed by atoms with E-state index < -0.39 is 0 Å². The lowest BCUT2D eigenvalue weighted by molar-refractivity contribution is 0.980. The molecule has 0 bridgehead atoms. The monoisotopic (exact) mass is 117 g/mol. The Balaban J connectivity index is 3.56. The molecule has 7 heavy (non-hydrogen) atoms. The van der Waals surface area contributed by atoms with Crippen LogP contribution in [0, 0.1) is 0 Å². The Kier molecular flexibility index (Phi) is 2.37. The zero-order chi connectivity index (χ0) is 5.91. The third-order valence-electron chi connectivity index (χ3n) is 0.445. The van der Waals surface area contributed by atoms with E-state index in [9.17, 15) is 0 Å². The van der Waals surface area contributed by atoms with Gasteiger partial charge < -0.3 is 0 Å². The second kappa shape index (κ2) is 2.36. The van der Waals surface area contributed by atoms with E-state index in [2.05, 4.69) is 17.6 Å². The molecule has 0 aromatic rings. The zero-order valence-corrected chi connectivity index (χ0v) is 5.87. The van der Waals surface area contributed by atoms with Gasteiger partial charge in [0.05, 0.1) is 0 Å². The van der Waals surface area contributed by atoms with Crippen molar-refractivity contribution in [1.82, 2.24) is 0 Å². The van der Waals surface area contributed by atoms with E-state index in [0.29, 0.717) is 0 Å². The topological polar surface area (TPSA) is 12.4 Å². The maximum Gasteiger partial charge on any atom is 0.0420 e. The van der Waals surface area contributed by atoms with Crippen LogP contribution in [0.15, 0.2) is 4.99 Å². The molecule has 0 fully saturated rings. The molecule has 0 aliphatic carbocycles. The number of thiol groups is 1. The largest absolute Gasteiger partial charge is 0.299 e. The summed E-state index contributed by atoms with van der Waals surface area (Å²) in [5, 5.41) is 0. The highest BCUT2D eigenvalue weighted by Gasteiger charge is 2.03. The normalized spacial score (nSPS) is 13.1. The van der Waals surface area contributed by atoms with Crippen LogP contribution < -0.4 is 0 Å². The molecule has 0 aliphatic rings. The van der Waals surface area contributed by atoms with E-state index in [0.717, 1.165) is 0 Å². The van der Waals surface area contributed by atoms with Crippen LogP contribution in [0.5, 0.6) is 0 Å². The molecule has 2 heteroatoms. The lowest BCUT2D eigenvalue weighted by Gasteiger charge is -2.06. The summed E-state index contributed by atoms with van der Waals surface area (Å²) in [5.74, 6) is 0. The van der Waals surface area contributed by atoms with Crippen LogP contribution in [0.3, 0.4) is 0 Å². The summed E-state index contributed by atoms with van der Waals surface area (Å²) < 4.78 is -0.0469. The molecular weight excluding hydrogens is 106 g/mol. The number of hydrogen-bond acceptors (Lipinski definition) is 2. The Labute approximate surface area is 50.2 Å². The first-order valence-electron chi connectivity index (χ1n) is 2.22. The quantitative estimate of drug-likeness (QED) is 0.393. The molecule has 0 radical (unpaired) electrons. The Morgan fingerprint density at radius 3 is 2.00 bits per heavy atom. The Bertz CT molecular complexity index is 70.6. The van der Waals surface area contributed by atoms with Gasteiger partial charge in [-0.3, -0.25) is 4.99 Å². The molecule has 0 unspecified atom stereocenters. The maximum absolute atomic E-state index is 4.19. The van der Waals surface area contributed by atoms with E-state index in [-0.39, 0.29) is 4.75 Å². The van der Waals surface area contributed by atoms with E-state index in [1.54, 1.807) is 13.3 Å². The third-order valence-corrected chi connectivity index (χ3v) is 0.561. The van der Waals surface area contributed by atoms with E-state index >= 15 is 0 Å². The van der Waals surface area contributed by atoms with Gasteiger partial charge in [0, 0.05) is 18.0 Å². The SMILES string of the molecule is CN=CC(C)(C)S. The molecule has 0 rings (SSSR count). The first-order chi connectivity index (χ1) is 3.06. The maximum atomic E-state index is 4.19. The third kappa shape index (κ3) is 6.02. The van der Waals surface area contributed by atoms with Crippen LogP contribution in [0.2, 0.25) is 0 Å². The van der Waals surface area contributed by atoms with Crippen molar-refractivity contribution in [3.63, 3.8) is 0 Å². The highest BCUT2D eigenvalue weighted by Crippen LogP contribution is 2.06. The highest BCUT2D eigenvalue weighted by atomic mass is 32.1. The van der Waals surface area contributed by atoms with Gasteiger partial charge in [-0.1, -0.05) is 0 Å². The van der Waals surface area contributed by atoms with E-state index in [4.69, 9.17) is 0 Å². The fourth-order valence-corrected chi connectivity index (χ4v) is 0.431. The molecule has 1 nitrogen and oxygen atoms in total. The van der Waals surface area contributed by atoms with Crippen molar-refractivity contribution in [1.29, 1.82) is 0 Å². The van der Waals surface area contributed by atoms with Crippen LogP contribution in [0.4, 0.5) is 0 Å². The van der Waals surface area contributed by atoms with Crippen molar-refractivity contribution < 1.29 is 0 Å². The summed E-state index contributed by atoms with van der Waals surface area (Å²) in [6, 6.07) is 0. The predicted octanol–water partition coefficient (Wildman–Crippen LogP) is 1.40. The van der Waals surface area contributed by atoms with Gasteiger partial charge >= 0.3 is 0 Å². The summed E-state index contributed by atoms with van der Waals surface area (Å²) in [6.07, 6.45) is 1.80. The number of aliphatic imine (C=N–C) groups is 1. The Morgan fingerprint density at radius 2 is 2.00 bits per heavy atom. The molecule has 0 saturated heterocycles. The Morgan fingerprint density at radius 1 is 1.57 bits per heavy atom. The molecule has 0 aliphatic heterocycles. The average Bonchev–Trinajstić information content (AvgIpc) is 1.30. The average molecular weight is 117 g/mol. The molecular formula is C5H11NS. The number of rotatable bonds is 1. The van der Waals surface area contributed by atoms with E-state index in [1.807, 2.05) is 13.8 Å². The van der Waals surface area contributed by atoms with Crippen molar-refractivity contribution in [2.45, 2.75) is 18.6 Å². The Hall–Kier alpha value is 0.0200.